The second-order valence-electron chi connectivity index (χ2n) is 8.43. The molecule has 1 aliphatic heterocycles. The lowest BCUT2D eigenvalue weighted by atomic mass is 10.2. The van der Waals surface area contributed by atoms with Crippen molar-refractivity contribution in [1.82, 2.24) is 13.9 Å². The molecular weight excluding hydrogens is 454 g/mol. The van der Waals surface area contributed by atoms with Crippen molar-refractivity contribution in [2.45, 2.75) is 50.5 Å². The number of fused-ring (bicyclic) bond motifs is 1. The van der Waals surface area contributed by atoms with Gasteiger partial charge in [-0.3, -0.25) is 9.59 Å². The molecule has 1 saturated heterocycles. The highest BCUT2D eigenvalue weighted by molar-refractivity contribution is 7.89. The fourth-order valence-electron chi connectivity index (χ4n) is 4.23. The summed E-state index contributed by atoms with van der Waals surface area (Å²) >= 11 is 0. The zero-order valence-corrected chi connectivity index (χ0v) is 20.0. The van der Waals surface area contributed by atoms with Gasteiger partial charge in [-0.15, -0.1) is 0 Å². The third-order valence-electron chi connectivity index (χ3n) is 5.98. The number of nitrogens with zero attached hydrogens (tertiary/aromatic N) is 3. The molecule has 0 spiro atoms. The monoisotopic (exact) mass is 483 g/mol. The topological polar surface area (TPSA) is 127 Å². The highest BCUT2D eigenvalue weighted by Crippen LogP contribution is 2.26. The number of imidazole rings is 1. The number of nitrogens with two attached hydrogens (primary N) is 1. The quantitative estimate of drug-likeness (QED) is 0.484. The van der Waals surface area contributed by atoms with Crippen LogP contribution in [0, 0.1) is 0 Å². The zero-order chi connectivity index (χ0) is 24.3. The van der Waals surface area contributed by atoms with Crippen molar-refractivity contribution in [2.75, 3.05) is 18.4 Å². The van der Waals surface area contributed by atoms with Crippen LogP contribution in [0.25, 0.3) is 11.0 Å². The average molecular weight is 484 g/mol. The number of benzene rings is 2. The van der Waals surface area contributed by atoms with Crippen molar-refractivity contribution in [3.63, 3.8) is 0 Å². The van der Waals surface area contributed by atoms with Crippen LogP contribution in [0.1, 0.15) is 48.8 Å². The van der Waals surface area contributed by atoms with Gasteiger partial charge in [-0.05, 0) is 61.7 Å². The Kier molecular flexibility index (Phi) is 6.99. The number of carbonyl (C=O) groups is 2. The first-order valence-electron chi connectivity index (χ1n) is 11.5. The number of carbonyl (C=O) groups excluding carboxylic acids is 2. The van der Waals surface area contributed by atoms with E-state index < -0.39 is 15.9 Å². The molecule has 1 aliphatic rings. The molecule has 4 rings (SSSR count). The van der Waals surface area contributed by atoms with Gasteiger partial charge >= 0.3 is 0 Å². The van der Waals surface area contributed by atoms with Crippen molar-refractivity contribution in [2.24, 2.45) is 5.73 Å². The summed E-state index contributed by atoms with van der Waals surface area (Å²) in [7, 11) is -3.52. The van der Waals surface area contributed by atoms with E-state index in [1.807, 2.05) is 6.07 Å². The average Bonchev–Trinajstić information content (AvgIpc) is 3.47. The fourth-order valence-corrected chi connectivity index (χ4v) is 5.77. The number of hydrogen-bond donors (Lipinski definition) is 2. The summed E-state index contributed by atoms with van der Waals surface area (Å²) in [6.45, 7) is 3.89. The number of hydrogen-bond acceptors (Lipinski definition) is 5. The van der Waals surface area contributed by atoms with Gasteiger partial charge in [0.15, 0.2) is 0 Å². The fraction of sp³-hybridized carbons (Fsp3) is 0.375. The number of aromatic nitrogens is 2. The van der Waals surface area contributed by atoms with Crippen LogP contribution in [-0.2, 0) is 27.8 Å². The van der Waals surface area contributed by atoms with Gasteiger partial charge < -0.3 is 15.6 Å². The normalized spacial score (nSPS) is 14.5. The lowest BCUT2D eigenvalue weighted by Crippen LogP contribution is -2.27. The van der Waals surface area contributed by atoms with Gasteiger partial charge in [-0.25, -0.2) is 13.4 Å². The van der Waals surface area contributed by atoms with Crippen LogP contribution in [0.4, 0.5) is 5.69 Å². The van der Waals surface area contributed by atoms with E-state index in [4.69, 9.17) is 10.7 Å². The Labute approximate surface area is 199 Å². The standard InChI is InChI=1S/C24H29N5O4S/c1-2-13-29-21-10-9-19(34(32,33)28-14-3-4-15-28)16-20(21)27-22(29)11-12-23(30)26-18-7-5-17(6-8-18)24(25)31/h5-10,16H,2-4,11-15H2,1H3,(H2,25,31)(H,26,30). The lowest BCUT2D eigenvalue weighted by Gasteiger charge is -2.15. The second-order valence-corrected chi connectivity index (χ2v) is 10.4. The Hall–Kier alpha value is -3.24. The predicted octanol–water partition coefficient (Wildman–Crippen LogP) is 2.90. The molecule has 0 atom stereocenters. The van der Waals surface area contributed by atoms with E-state index in [1.54, 1.807) is 36.4 Å². The summed E-state index contributed by atoms with van der Waals surface area (Å²) in [4.78, 5) is 28.6. The molecule has 0 saturated carbocycles. The first-order valence-corrected chi connectivity index (χ1v) is 12.9. The third kappa shape index (κ3) is 4.97. The molecular formula is C24H29N5O4S. The molecule has 180 valence electrons. The molecule has 3 aromatic rings. The Morgan fingerprint density at radius 2 is 1.79 bits per heavy atom. The van der Waals surface area contributed by atoms with Gasteiger partial charge in [0.25, 0.3) is 0 Å². The van der Waals surface area contributed by atoms with Crippen LogP contribution in [0.5, 0.6) is 0 Å². The van der Waals surface area contributed by atoms with Gasteiger partial charge in [0, 0.05) is 43.7 Å². The van der Waals surface area contributed by atoms with Crippen molar-refractivity contribution < 1.29 is 18.0 Å². The molecule has 0 aliphatic carbocycles. The summed E-state index contributed by atoms with van der Waals surface area (Å²) in [5, 5.41) is 2.81. The van der Waals surface area contributed by atoms with E-state index in [1.165, 1.54) is 4.31 Å². The Morgan fingerprint density at radius 1 is 1.09 bits per heavy atom. The molecule has 2 heterocycles. The van der Waals surface area contributed by atoms with Crippen molar-refractivity contribution >= 4 is 38.6 Å². The van der Waals surface area contributed by atoms with Crippen molar-refractivity contribution in [1.29, 1.82) is 0 Å². The van der Waals surface area contributed by atoms with Gasteiger partial charge in [0.05, 0.1) is 15.9 Å². The second kappa shape index (κ2) is 9.94. The molecule has 0 bridgehead atoms. The van der Waals surface area contributed by atoms with Crippen LogP contribution in [0.15, 0.2) is 47.4 Å². The van der Waals surface area contributed by atoms with Crippen LogP contribution in [-0.4, -0.2) is 47.2 Å². The molecule has 1 aromatic heterocycles. The van der Waals surface area contributed by atoms with Crippen LogP contribution < -0.4 is 11.1 Å². The summed E-state index contributed by atoms with van der Waals surface area (Å²) in [5.41, 5.74) is 7.67. The van der Waals surface area contributed by atoms with E-state index in [9.17, 15) is 18.0 Å². The van der Waals surface area contributed by atoms with Crippen molar-refractivity contribution in [3.8, 4) is 0 Å². The van der Waals surface area contributed by atoms with Gasteiger partial charge in [-0.1, -0.05) is 6.92 Å². The largest absolute Gasteiger partial charge is 0.366 e. The first kappa shape index (κ1) is 23.9. The highest BCUT2D eigenvalue weighted by Gasteiger charge is 2.27. The van der Waals surface area contributed by atoms with Crippen LogP contribution >= 0.6 is 0 Å². The van der Waals surface area contributed by atoms with Gasteiger partial charge in [0.2, 0.25) is 21.8 Å². The smallest absolute Gasteiger partial charge is 0.248 e. The van der Waals surface area contributed by atoms with E-state index in [-0.39, 0.29) is 17.2 Å². The molecule has 10 heteroatoms. The van der Waals surface area contributed by atoms with E-state index in [0.717, 1.165) is 37.1 Å². The molecule has 1 fully saturated rings. The van der Waals surface area contributed by atoms with E-state index in [0.29, 0.717) is 36.3 Å². The number of sulfonamides is 1. The number of rotatable bonds is 9. The molecule has 9 nitrogen and oxygen atoms in total. The van der Waals surface area contributed by atoms with E-state index in [2.05, 4.69) is 16.8 Å². The Morgan fingerprint density at radius 3 is 2.44 bits per heavy atom. The minimum absolute atomic E-state index is 0.181. The molecule has 34 heavy (non-hydrogen) atoms. The molecule has 2 aromatic carbocycles. The lowest BCUT2D eigenvalue weighted by molar-refractivity contribution is -0.116. The maximum absolute atomic E-state index is 13.0. The highest BCUT2D eigenvalue weighted by atomic mass is 32.2. The maximum atomic E-state index is 13.0. The number of anilines is 1. The van der Waals surface area contributed by atoms with Crippen LogP contribution in [0.2, 0.25) is 0 Å². The number of primary amides is 1. The number of aryl methyl sites for hydroxylation is 2. The molecule has 0 radical (unpaired) electrons. The van der Waals surface area contributed by atoms with Crippen LogP contribution in [0.3, 0.4) is 0 Å². The minimum Gasteiger partial charge on any atom is -0.366 e. The first-order chi connectivity index (χ1) is 16.3. The van der Waals surface area contributed by atoms with E-state index >= 15 is 0 Å². The summed E-state index contributed by atoms with van der Waals surface area (Å²) in [6, 6.07) is 11.5. The zero-order valence-electron chi connectivity index (χ0n) is 19.2. The van der Waals surface area contributed by atoms with Crippen molar-refractivity contribution in [3.05, 3.63) is 53.9 Å². The minimum atomic E-state index is -3.52. The Bertz CT molecular complexity index is 1310. The molecule has 3 N–H and O–H groups in total. The van der Waals surface area contributed by atoms with Gasteiger partial charge in [0.1, 0.15) is 5.82 Å². The summed E-state index contributed by atoms with van der Waals surface area (Å²) < 4.78 is 29.5. The number of amides is 2. The third-order valence-corrected chi connectivity index (χ3v) is 7.87. The van der Waals surface area contributed by atoms with Gasteiger partial charge in [-0.2, -0.15) is 4.31 Å². The Balaban J connectivity index is 1.51. The molecule has 2 amide bonds. The summed E-state index contributed by atoms with van der Waals surface area (Å²) in [6.07, 6.45) is 3.27. The predicted molar refractivity (Wildman–Crippen MR) is 130 cm³/mol. The summed E-state index contributed by atoms with van der Waals surface area (Å²) in [5.74, 6) is 0.0371. The number of nitrogens with one attached hydrogen (secondary N) is 1. The molecule has 0 unspecified atom stereocenters. The maximum Gasteiger partial charge on any atom is 0.248 e. The SMILES string of the molecule is CCCn1c(CCC(=O)Nc2ccc(C(N)=O)cc2)nc2cc(S(=O)(=O)N3CCCC3)ccc21.